The first-order chi connectivity index (χ1) is 7.50. The summed E-state index contributed by atoms with van der Waals surface area (Å²) < 4.78 is 0. The lowest BCUT2D eigenvalue weighted by Gasteiger charge is -2.51. The van der Waals surface area contributed by atoms with Gasteiger partial charge in [-0.2, -0.15) is 0 Å². The van der Waals surface area contributed by atoms with Crippen molar-refractivity contribution in [2.75, 3.05) is 19.6 Å². The van der Waals surface area contributed by atoms with Gasteiger partial charge < -0.3 is 5.32 Å². The minimum atomic E-state index is 0.342. The van der Waals surface area contributed by atoms with Crippen LogP contribution in [0.5, 0.6) is 0 Å². The molecule has 3 unspecified atom stereocenters. The van der Waals surface area contributed by atoms with Crippen LogP contribution in [0.1, 0.15) is 47.0 Å². The summed E-state index contributed by atoms with van der Waals surface area (Å²) in [5, 5.41) is 3.53. The molecule has 1 N–H and O–H groups in total. The zero-order valence-corrected chi connectivity index (χ0v) is 11.4. The van der Waals surface area contributed by atoms with Crippen molar-refractivity contribution in [2.45, 2.75) is 58.5 Å². The molecule has 94 valence electrons. The number of hydrogen-bond acceptors (Lipinski definition) is 2. The van der Waals surface area contributed by atoms with Gasteiger partial charge in [-0.25, -0.2) is 0 Å². The zero-order valence-electron chi connectivity index (χ0n) is 11.4. The van der Waals surface area contributed by atoms with Crippen molar-refractivity contribution in [1.82, 2.24) is 10.2 Å². The van der Waals surface area contributed by atoms with E-state index >= 15 is 0 Å². The van der Waals surface area contributed by atoms with Crippen molar-refractivity contribution in [3.63, 3.8) is 0 Å². The van der Waals surface area contributed by atoms with E-state index in [9.17, 15) is 0 Å². The van der Waals surface area contributed by atoms with Crippen LogP contribution in [-0.4, -0.2) is 36.1 Å². The fourth-order valence-corrected chi connectivity index (χ4v) is 3.55. The van der Waals surface area contributed by atoms with E-state index in [1.165, 1.54) is 32.4 Å². The highest BCUT2D eigenvalue weighted by Crippen LogP contribution is 2.35. The van der Waals surface area contributed by atoms with Gasteiger partial charge in [-0.1, -0.05) is 20.3 Å². The Bertz CT molecular complexity index is 237. The molecule has 2 nitrogen and oxygen atoms in total. The number of hydrogen-bond donors (Lipinski definition) is 1. The Hall–Kier alpha value is -0.0800. The maximum atomic E-state index is 3.53. The minimum absolute atomic E-state index is 0.342. The molecule has 1 aliphatic heterocycles. The van der Waals surface area contributed by atoms with Crippen molar-refractivity contribution < 1.29 is 0 Å². The predicted molar refractivity (Wildman–Crippen MR) is 69.6 cm³/mol. The molecule has 0 bridgehead atoms. The molecule has 0 amide bonds. The molecule has 0 aromatic heterocycles. The second-order valence-electron chi connectivity index (χ2n) is 6.65. The first kappa shape index (κ1) is 12.4. The summed E-state index contributed by atoms with van der Waals surface area (Å²) in [7, 11) is 0. The Morgan fingerprint density at radius 3 is 2.62 bits per heavy atom. The lowest BCUT2D eigenvalue weighted by atomic mass is 9.77. The zero-order chi connectivity index (χ0) is 11.8. The van der Waals surface area contributed by atoms with E-state index in [0.29, 0.717) is 5.54 Å². The topological polar surface area (TPSA) is 15.3 Å². The largest absolute Gasteiger partial charge is 0.314 e. The standard InChI is InChI=1S/C14H28N2/c1-11-5-6-12(2)13(9-11)16-8-7-15-10-14(16,3)4/h11-13,15H,5-10H2,1-4H3. The predicted octanol–water partition coefficient (Wildman–Crippen LogP) is 2.49. The van der Waals surface area contributed by atoms with Crippen LogP contribution >= 0.6 is 0 Å². The first-order valence-corrected chi connectivity index (χ1v) is 6.98. The van der Waals surface area contributed by atoms with Gasteiger partial charge in [-0.3, -0.25) is 4.90 Å². The number of piperazine rings is 1. The van der Waals surface area contributed by atoms with Gasteiger partial charge >= 0.3 is 0 Å². The van der Waals surface area contributed by atoms with Crippen LogP contribution in [0.15, 0.2) is 0 Å². The Balaban J connectivity index is 2.08. The van der Waals surface area contributed by atoms with Crippen molar-refractivity contribution in [2.24, 2.45) is 11.8 Å². The Morgan fingerprint density at radius 2 is 1.94 bits per heavy atom. The molecule has 1 heterocycles. The molecule has 16 heavy (non-hydrogen) atoms. The molecule has 1 saturated heterocycles. The fourth-order valence-electron chi connectivity index (χ4n) is 3.55. The fraction of sp³-hybridized carbons (Fsp3) is 1.00. The number of rotatable bonds is 1. The van der Waals surface area contributed by atoms with Crippen LogP contribution in [0.3, 0.4) is 0 Å². The lowest BCUT2D eigenvalue weighted by Crippen LogP contribution is -2.63. The van der Waals surface area contributed by atoms with Crippen LogP contribution in [0, 0.1) is 11.8 Å². The molecule has 0 aromatic carbocycles. The monoisotopic (exact) mass is 224 g/mol. The molecule has 1 saturated carbocycles. The summed E-state index contributed by atoms with van der Waals surface area (Å²) in [5.41, 5.74) is 0.342. The van der Waals surface area contributed by atoms with Crippen LogP contribution < -0.4 is 5.32 Å². The smallest absolute Gasteiger partial charge is 0.0281 e. The molecular formula is C14H28N2. The summed E-state index contributed by atoms with van der Waals surface area (Å²) in [5.74, 6) is 1.81. The summed E-state index contributed by atoms with van der Waals surface area (Å²) in [6.45, 7) is 13.2. The molecule has 2 rings (SSSR count). The lowest BCUT2D eigenvalue weighted by molar-refractivity contribution is -0.00429. The minimum Gasteiger partial charge on any atom is -0.314 e. The highest BCUT2D eigenvalue weighted by Gasteiger charge is 2.38. The highest BCUT2D eigenvalue weighted by atomic mass is 15.3. The van der Waals surface area contributed by atoms with Crippen LogP contribution in [0.4, 0.5) is 0 Å². The van der Waals surface area contributed by atoms with Gasteiger partial charge in [0.15, 0.2) is 0 Å². The molecular weight excluding hydrogens is 196 g/mol. The van der Waals surface area contributed by atoms with E-state index < -0.39 is 0 Å². The van der Waals surface area contributed by atoms with E-state index in [-0.39, 0.29) is 0 Å². The van der Waals surface area contributed by atoms with E-state index in [4.69, 9.17) is 0 Å². The SMILES string of the molecule is CC1CCC(C)C(N2CCNCC2(C)C)C1. The third-order valence-electron chi connectivity index (χ3n) is 4.68. The van der Waals surface area contributed by atoms with Crippen LogP contribution in [0.25, 0.3) is 0 Å². The molecule has 0 spiro atoms. The summed E-state index contributed by atoms with van der Waals surface area (Å²) in [6.07, 6.45) is 4.26. The average Bonchev–Trinajstić information content (AvgIpc) is 2.22. The van der Waals surface area contributed by atoms with Crippen molar-refractivity contribution in [1.29, 1.82) is 0 Å². The summed E-state index contributed by atoms with van der Waals surface area (Å²) in [6, 6.07) is 0.820. The maximum absolute atomic E-state index is 3.53. The molecule has 1 aliphatic carbocycles. The molecule has 0 radical (unpaired) electrons. The summed E-state index contributed by atoms with van der Waals surface area (Å²) in [4.78, 5) is 2.78. The Labute approximate surface area is 101 Å². The number of nitrogens with zero attached hydrogens (tertiary/aromatic N) is 1. The van der Waals surface area contributed by atoms with Gasteiger partial charge in [0.25, 0.3) is 0 Å². The normalized spacial score (nSPS) is 40.9. The second-order valence-corrected chi connectivity index (χ2v) is 6.65. The van der Waals surface area contributed by atoms with Crippen molar-refractivity contribution in [3.8, 4) is 0 Å². The average molecular weight is 224 g/mol. The number of nitrogens with one attached hydrogen (secondary N) is 1. The highest BCUT2D eigenvalue weighted by molar-refractivity contribution is 4.95. The molecule has 0 aromatic rings. The quantitative estimate of drug-likeness (QED) is 0.736. The van der Waals surface area contributed by atoms with Crippen LogP contribution in [-0.2, 0) is 0 Å². The van der Waals surface area contributed by atoms with E-state index in [1.54, 1.807) is 0 Å². The van der Waals surface area contributed by atoms with Gasteiger partial charge in [0.2, 0.25) is 0 Å². The molecule has 2 heteroatoms. The molecule has 3 atom stereocenters. The van der Waals surface area contributed by atoms with Gasteiger partial charge in [0.1, 0.15) is 0 Å². The van der Waals surface area contributed by atoms with Crippen molar-refractivity contribution >= 4 is 0 Å². The Kier molecular flexibility index (Phi) is 3.60. The van der Waals surface area contributed by atoms with Gasteiger partial charge in [0, 0.05) is 31.2 Å². The van der Waals surface area contributed by atoms with E-state index in [2.05, 4.69) is 37.9 Å². The third-order valence-corrected chi connectivity index (χ3v) is 4.68. The maximum Gasteiger partial charge on any atom is 0.0281 e. The molecule has 2 fully saturated rings. The first-order valence-electron chi connectivity index (χ1n) is 6.98. The van der Waals surface area contributed by atoms with Gasteiger partial charge in [-0.15, -0.1) is 0 Å². The van der Waals surface area contributed by atoms with E-state index in [1.807, 2.05) is 0 Å². The van der Waals surface area contributed by atoms with E-state index in [0.717, 1.165) is 24.4 Å². The van der Waals surface area contributed by atoms with Crippen molar-refractivity contribution in [3.05, 3.63) is 0 Å². The second kappa shape index (κ2) is 4.66. The van der Waals surface area contributed by atoms with Gasteiger partial charge in [0.05, 0.1) is 0 Å². The summed E-state index contributed by atoms with van der Waals surface area (Å²) >= 11 is 0. The Morgan fingerprint density at radius 1 is 1.19 bits per heavy atom. The van der Waals surface area contributed by atoms with Crippen LogP contribution in [0.2, 0.25) is 0 Å². The molecule has 2 aliphatic rings. The third kappa shape index (κ3) is 2.43. The van der Waals surface area contributed by atoms with Gasteiger partial charge in [-0.05, 0) is 38.5 Å².